The second-order valence-electron chi connectivity index (χ2n) is 4.37. The molecule has 0 aliphatic heterocycles. The van der Waals surface area contributed by atoms with Gasteiger partial charge in [0.25, 0.3) is 0 Å². The highest BCUT2D eigenvalue weighted by molar-refractivity contribution is 9.10. The Morgan fingerprint density at radius 2 is 1.95 bits per heavy atom. The van der Waals surface area contributed by atoms with Crippen molar-refractivity contribution < 1.29 is 17.9 Å². The summed E-state index contributed by atoms with van der Waals surface area (Å²) in [6.07, 6.45) is -4.53. The average molecular weight is 361 g/mol. The van der Waals surface area contributed by atoms with Gasteiger partial charge in [-0.15, -0.1) is 0 Å². The van der Waals surface area contributed by atoms with Gasteiger partial charge in [-0.2, -0.15) is 13.2 Å². The fourth-order valence-electron chi connectivity index (χ4n) is 1.70. The summed E-state index contributed by atoms with van der Waals surface area (Å²) in [6.45, 7) is 1.83. The van der Waals surface area contributed by atoms with Crippen molar-refractivity contribution in [2.45, 2.75) is 19.6 Å². The van der Waals surface area contributed by atoms with Crippen LogP contribution in [0.5, 0.6) is 11.6 Å². The topological polar surface area (TPSA) is 48.1 Å². The first-order valence-corrected chi connectivity index (χ1v) is 6.81. The summed E-state index contributed by atoms with van der Waals surface area (Å²) < 4.78 is 44.5. The van der Waals surface area contributed by atoms with Crippen LogP contribution in [0.3, 0.4) is 0 Å². The summed E-state index contributed by atoms with van der Waals surface area (Å²) in [5, 5.41) is 0. The number of aromatic nitrogens is 1. The Morgan fingerprint density at radius 1 is 1.24 bits per heavy atom. The minimum absolute atomic E-state index is 0.0377. The van der Waals surface area contributed by atoms with Crippen molar-refractivity contribution >= 4 is 15.9 Å². The minimum Gasteiger partial charge on any atom is -0.438 e. The van der Waals surface area contributed by atoms with E-state index in [4.69, 9.17) is 10.5 Å². The number of halogens is 4. The highest BCUT2D eigenvalue weighted by Crippen LogP contribution is 2.33. The molecule has 0 unspecified atom stereocenters. The summed E-state index contributed by atoms with van der Waals surface area (Å²) in [4.78, 5) is 3.53. The van der Waals surface area contributed by atoms with Crippen LogP contribution in [0.1, 0.15) is 16.8 Å². The monoisotopic (exact) mass is 360 g/mol. The summed E-state index contributed by atoms with van der Waals surface area (Å²) in [5.74, 6) is 0.303. The van der Waals surface area contributed by atoms with Crippen LogP contribution in [0, 0.1) is 6.92 Å². The third-order valence-electron chi connectivity index (χ3n) is 2.79. The van der Waals surface area contributed by atoms with Crippen LogP contribution in [0.15, 0.2) is 34.8 Å². The summed E-state index contributed by atoms with van der Waals surface area (Å²) >= 11 is 3.31. The molecule has 2 aromatic rings. The molecule has 0 bridgehead atoms. The van der Waals surface area contributed by atoms with Crippen molar-refractivity contribution in [3.05, 3.63) is 51.6 Å². The second-order valence-corrected chi connectivity index (χ2v) is 5.29. The van der Waals surface area contributed by atoms with E-state index in [1.807, 2.05) is 0 Å². The SMILES string of the molecule is Cc1cc(Br)ccc1Oc1nc(C(F)(F)F)ccc1CN. The molecule has 21 heavy (non-hydrogen) atoms. The van der Waals surface area contributed by atoms with Crippen LogP contribution in [-0.2, 0) is 12.7 Å². The molecule has 7 heteroatoms. The van der Waals surface area contributed by atoms with Gasteiger partial charge in [0.1, 0.15) is 11.4 Å². The number of rotatable bonds is 3. The molecular weight excluding hydrogens is 349 g/mol. The molecule has 0 saturated heterocycles. The molecular formula is C14H12BrF3N2O. The van der Waals surface area contributed by atoms with Gasteiger partial charge in [-0.25, -0.2) is 4.98 Å². The minimum atomic E-state index is -4.53. The number of pyridine rings is 1. The van der Waals surface area contributed by atoms with E-state index in [2.05, 4.69) is 20.9 Å². The van der Waals surface area contributed by atoms with Crippen LogP contribution in [0.25, 0.3) is 0 Å². The van der Waals surface area contributed by atoms with Crippen molar-refractivity contribution in [3.8, 4) is 11.6 Å². The largest absolute Gasteiger partial charge is 0.438 e. The maximum absolute atomic E-state index is 12.7. The van der Waals surface area contributed by atoms with Gasteiger partial charge in [-0.1, -0.05) is 22.0 Å². The maximum Gasteiger partial charge on any atom is 0.433 e. The molecule has 0 spiro atoms. The lowest BCUT2D eigenvalue weighted by Crippen LogP contribution is -2.11. The molecule has 0 amide bonds. The highest BCUT2D eigenvalue weighted by atomic mass is 79.9. The van der Waals surface area contributed by atoms with E-state index in [1.165, 1.54) is 6.07 Å². The van der Waals surface area contributed by atoms with Crippen LogP contribution < -0.4 is 10.5 Å². The first kappa shape index (κ1) is 15.8. The van der Waals surface area contributed by atoms with Gasteiger partial charge in [0.2, 0.25) is 5.88 Å². The zero-order valence-corrected chi connectivity index (χ0v) is 12.6. The van der Waals surface area contributed by atoms with Gasteiger partial charge >= 0.3 is 6.18 Å². The Morgan fingerprint density at radius 3 is 2.52 bits per heavy atom. The van der Waals surface area contributed by atoms with Crippen molar-refractivity contribution in [3.63, 3.8) is 0 Å². The molecule has 0 fully saturated rings. The molecule has 3 nitrogen and oxygen atoms in total. The first-order valence-electron chi connectivity index (χ1n) is 6.02. The Labute approximate surface area is 128 Å². The van der Waals surface area contributed by atoms with Gasteiger partial charge < -0.3 is 10.5 Å². The zero-order valence-electron chi connectivity index (χ0n) is 11.0. The van der Waals surface area contributed by atoms with Crippen molar-refractivity contribution in [1.82, 2.24) is 4.98 Å². The van der Waals surface area contributed by atoms with Gasteiger partial charge in [-0.05, 0) is 36.8 Å². The molecule has 0 radical (unpaired) electrons. The van der Waals surface area contributed by atoms with Gasteiger partial charge in [0.05, 0.1) is 0 Å². The van der Waals surface area contributed by atoms with Gasteiger partial charge in [0, 0.05) is 16.6 Å². The quantitative estimate of drug-likeness (QED) is 0.880. The number of nitrogens with two attached hydrogens (primary N) is 1. The fraction of sp³-hybridized carbons (Fsp3) is 0.214. The molecule has 112 valence electrons. The van der Waals surface area contributed by atoms with E-state index in [-0.39, 0.29) is 12.4 Å². The lowest BCUT2D eigenvalue weighted by atomic mass is 10.2. The number of alkyl halides is 3. The molecule has 1 aromatic carbocycles. The predicted octanol–water partition coefficient (Wildman–Crippen LogP) is 4.42. The summed E-state index contributed by atoms with van der Waals surface area (Å²) in [6, 6.07) is 7.35. The van der Waals surface area contributed by atoms with E-state index < -0.39 is 11.9 Å². The van der Waals surface area contributed by atoms with E-state index in [0.717, 1.165) is 16.1 Å². The standard InChI is InChI=1S/C14H12BrF3N2O/c1-8-6-10(15)3-4-11(8)21-13-9(7-19)2-5-12(20-13)14(16,17)18/h2-6H,7,19H2,1H3. The Hall–Kier alpha value is -1.60. The molecule has 1 heterocycles. The van der Waals surface area contributed by atoms with Crippen molar-refractivity contribution in [1.29, 1.82) is 0 Å². The normalized spacial score (nSPS) is 11.5. The zero-order chi connectivity index (χ0) is 15.6. The number of aryl methyl sites for hydroxylation is 1. The van der Waals surface area contributed by atoms with E-state index >= 15 is 0 Å². The predicted molar refractivity (Wildman–Crippen MR) is 76.1 cm³/mol. The van der Waals surface area contributed by atoms with Crippen molar-refractivity contribution in [2.24, 2.45) is 5.73 Å². The van der Waals surface area contributed by atoms with Gasteiger partial charge in [-0.3, -0.25) is 0 Å². The van der Waals surface area contributed by atoms with Crippen LogP contribution in [-0.4, -0.2) is 4.98 Å². The Kier molecular flexibility index (Phi) is 4.53. The smallest absolute Gasteiger partial charge is 0.433 e. The van der Waals surface area contributed by atoms with Crippen LogP contribution >= 0.6 is 15.9 Å². The number of hydrogen-bond acceptors (Lipinski definition) is 3. The van der Waals surface area contributed by atoms with Crippen LogP contribution in [0.4, 0.5) is 13.2 Å². The van der Waals surface area contributed by atoms with Gasteiger partial charge in [0.15, 0.2) is 0 Å². The summed E-state index contributed by atoms with van der Waals surface area (Å²) in [7, 11) is 0. The lowest BCUT2D eigenvalue weighted by molar-refractivity contribution is -0.141. The van der Waals surface area contributed by atoms with Crippen LogP contribution in [0.2, 0.25) is 0 Å². The van der Waals surface area contributed by atoms with E-state index in [0.29, 0.717) is 11.3 Å². The molecule has 1 aromatic heterocycles. The summed E-state index contributed by atoms with van der Waals surface area (Å²) in [5.41, 5.74) is 5.68. The molecule has 0 atom stereocenters. The average Bonchev–Trinajstić information content (AvgIpc) is 2.41. The third-order valence-corrected chi connectivity index (χ3v) is 3.29. The molecule has 0 aliphatic carbocycles. The number of nitrogens with zero attached hydrogens (tertiary/aromatic N) is 1. The van der Waals surface area contributed by atoms with Crippen molar-refractivity contribution in [2.75, 3.05) is 0 Å². The number of ether oxygens (including phenoxy) is 1. The number of benzene rings is 1. The first-order chi connectivity index (χ1) is 9.81. The second kappa shape index (κ2) is 6.03. The fourth-order valence-corrected chi connectivity index (χ4v) is 2.18. The third kappa shape index (κ3) is 3.74. The molecule has 0 saturated carbocycles. The molecule has 2 rings (SSSR count). The van der Waals surface area contributed by atoms with E-state index in [9.17, 15) is 13.2 Å². The maximum atomic E-state index is 12.7. The molecule has 0 aliphatic rings. The highest BCUT2D eigenvalue weighted by Gasteiger charge is 2.33. The lowest BCUT2D eigenvalue weighted by Gasteiger charge is -2.13. The Bertz CT molecular complexity index is 659. The molecule has 2 N–H and O–H groups in total. The number of hydrogen-bond donors (Lipinski definition) is 1. The van der Waals surface area contributed by atoms with E-state index in [1.54, 1.807) is 25.1 Å². The Balaban J connectivity index is 2.42.